The van der Waals surface area contributed by atoms with Gasteiger partial charge in [-0.05, 0) is 61.4 Å². The fourth-order valence-corrected chi connectivity index (χ4v) is 3.99. The van der Waals surface area contributed by atoms with Crippen LogP contribution in [0.5, 0.6) is 0 Å². The first-order valence-electron chi connectivity index (χ1n) is 10.1. The topological polar surface area (TPSA) is 69.0 Å². The van der Waals surface area contributed by atoms with Crippen LogP contribution in [0.3, 0.4) is 0 Å². The Kier molecular flexibility index (Phi) is 6.76. The van der Waals surface area contributed by atoms with Crippen molar-refractivity contribution < 1.29 is 4.79 Å². The van der Waals surface area contributed by atoms with E-state index in [9.17, 15) is 4.79 Å². The second kappa shape index (κ2) is 9.28. The number of amides is 1. The van der Waals surface area contributed by atoms with Gasteiger partial charge in [0.05, 0.1) is 10.6 Å². The molecule has 3 rings (SSSR count). The van der Waals surface area contributed by atoms with Crippen molar-refractivity contribution in [3.05, 3.63) is 58.4 Å². The molecule has 1 aliphatic rings. The van der Waals surface area contributed by atoms with Gasteiger partial charge in [-0.15, -0.1) is 0 Å². The number of pyridine rings is 1. The van der Waals surface area contributed by atoms with Crippen molar-refractivity contribution in [2.45, 2.75) is 57.5 Å². The highest BCUT2D eigenvalue weighted by Gasteiger charge is 2.26. The second-order valence-electron chi connectivity index (χ2n) is 8.00. The first kappa shape index (κ1) is 21.1. The monoisotopic (exact) mass is 410 g/mol. The Hall–Kier alpha value is -2.58. The predicted molar refractivity (Wildman–Crippen MR) is 116 cm³/mol. The number of anilines is 1. The second-order valence-corrected chi connectivity index (χ2v) is 8.40. The van der Waals surface area contributed by atoms with Crippen LogP contribution in [0.4, 0.5) is 5.69 Å². The molecule has 1 fully saturated rings. The van der Waals surface area contributed by atoms with Gasteiger partial charge in [0.2, 0.25) is 0 Å². The molecule has 0 atom stereocenters. The summed E-state index contributed by atoms with van der Waals surface area (Å²) in [6.45, 7) is 4.22. The van der Waals surface area contributed by atoms with Gasteiger partial charge in [0.1, 0.15) is 11.8 Å². The van der Waals surface area contributed by atoms with Gasteiger partial charge in [0, 0.05) is 31.0 Å². The maximum Gasteiger partial charge on any atom is 0.270 e. The summed E-state index contributed by atoms with van der Waals surface area (Å²) in [6.07, 6.45) is 5.61. The summed E-state index contributed by atoms with van der Waals surface area (Å²) in [5.74, 6) is 0.300. The molecule has 0 saturated heterocycles. The molecule has 0 radical (unpaired) electrons. The third-order valence-electron chi connectivity index (χ3n) is 5.75. The Bertz CT molecular complexity index is 896. The summed E-state index contributed by atoms with van der Waals surface area (Å²) in [7, 11) is 2.06. The van der Waals surface area contributed by atoms with E-state index in [0.29, 0.717) is 28.2 Å². The van der Waals surface area contributed by atoms with Crippen LogP contribution in [0.2, 0.25) is 5.02 Å². The van der Waals surface area contributed by atoms with Crippen molar-refractivity contribution in [2.75, 3.05) is 11.9 Å². The van der Waals surface area contributed by atoms with Gasteiger partial charge in [0.25, 0.3) is 5.91 Å². The van der Waals surface area contributed by atoms with E-state index in [1.165, 1.54) is 0 Å². The van der Waals surface area contributed by atoms with Crippen LogP contribution in [0.25, 0.3) is 0 Å². The van der Waals surface area contributed by atoms with E-state index in [2.05, 4.69) is 42.2 Å². The van der Waals surface area contributed by atoms with Crippen molar-refractivity contribution in [1.29, 1.82) is 5.26 Å². The molecule has 0 spiro atoms. The lowest BCUT2D eigenvalue weighted by atomic mass is 9.90. The van der Waals surface area contributed by atoms with Crippen LogP contribution >= 0.6 is 11.6 Å². The summed E-state index contributed by atoms with van der Waals surface area (Å²) in [4.78, 5) is 19.0. The molecule has 0 unspecified atom stereocenters. The van der Waals surface area contributed by atoms with Gasteiger partial charge in [-0.2, -0.15) is 5.26 Å². The number of carbonyl (C=O) groups is 1. The van der Waals surface area contributed by atoms with E-state index in [-0.39, 0.29) is 11.9 Å². The zero-order valence-corrected chi connectivity index (χ0v) is 17.9. The summed E-state index contributed by atoms with van der Waals surface area (Å²) in [6, 6.07) is 12.0. The van der Waals surface area contributed by atoms with Crippen molar-refractivity contribution in [1.82, 2.24) is 10.3 Å². The van der Waals surface area contributed by atoms with Crippen LogP contribution in [0.15, 0.2) is 36.5 Å². The van der Waals surface area contributed by atoms with Gasteiger partial charge in [-0.3, -0.25) is 9.78 Å². The van der Waals surface area contributed by atoms with Crippen LogP contribution in [0, 0.1) is 11.3 Å². The van der Waals surface area contributed by atoms with Crippen LogP contribution in [0.1, 0.15) is 67.1 Å². The fraction of sp³-hybridized carbons (Fsp3) is 0.435. The minimum absolute atomic E-state index is 0.101. The maximum atomic E-state index is 12.5. The lowest BCUT2D eigenvalue weighted by Crippen LogP contribution is -2.43. The van der Waals surface area contributed by atoms with Gasteiger partial charge in [-0.1, -0.05) is 31.5 Å². The predicted octanol–water partition coefficient (Wildman–Crippen LogP) is 4.91. The van der Waals surface area contributed by atoms with E-state index in [1.807, 2.05) is 18.2 Å². The molecule has 1 N–H and O–H groups in total. The summed E-state index contributed by atoms with van der Waals surface area (Å²) >= 11 is 6.18. The standard InChI is InChI=1S/C23H27ClN4O/c1-15(2)17-5-11-22(26-14-17)23(29)27-18-6-9-19(10-7-18)28(3)20-8-4-16(13-25)21(24)12-20/h4-5,8,11-12,14-15,18-19H,6-7,9-10H2,1-3H3,(H,27,29). The molecule has 1 aromatic heterocycles. The molecule has 29 heavy (non-hydrogen) atoms. The lowest BCUT2D eigenvalue weighted by molar-refractivity contribution is 0.0920. The Labute approximate surface area is 177 Å². The van der Waals surface area contributed by atoms with Crippen molar-refractivity contribution in [3.8, 4) is 6.07 Å². The van der Waals surface area contributed by atoms with Gasteiger partial charge in [0.15, 0.2) is 0 Å². The van der Waals surface area contributed by atoms with E-state index in [0.717, 1.165) is 36.9 Å². The normalized spacial score (nSPS) is 18.9. The first-order chi connectivity index (χ1) is 13.9. The van der Waals surface area contributed by atoms with E-state index >= 15 is 0 Å². The van der Waals surface area contributed by atoms with E-state index < -0.39 is 0 Å². The number of nitriles is 1. The Morgan fingerprint density at radius 2 is 1.97 bits per heavy atom. The largest absolute Gasteiger partial charge is 0.372 e. The van der Waals surface area contributed by atoms with Crippen molar-refractivity contribution in [3.63, 3.8) is 0 Å². The molecule has 152 valence electrons. The van der Waals surface area contributed by atoms with Crippen LogP contribution in [-0.2, 0) is 0 Å². The van der Waals surface area contributed by atoms with E-state index in [4.69, 9.17) is 16.9 Å². The van der Waals surface area contributed by atoms with Gasteiger partial charge in [-0.25, -0.2) is 0 Å². The molecule has 0 bridgehead atoms. The van der Waals surface area contributed by atoms with Crippen molar-refractivity contribution >= 4 is 23.2 Å². The molecule has 6 heteroatoms. The highest BCUT2D eigenvalue weighted by molar-refractivity contribution is 6.32. The summed E-state index contributed by atoms with van der Waals surface area (Å²) in [5, 5.41) is 12.6. The molecule has 1 aliphatic carbocycles. The van der Waals surface area contributed by atoms with Gasteiger partial charge >= 0.3 is 0 Å². The number of aromatic nitrogens is 1. The SMILES string of the molecule is CC(C)c1ccc(C(=O)NC2CCC(N(C)c3ccc(C#N)c(Cl)c3)CC2)nc1. The Balaban J connectivity index is 1.54. The number of carbonyl (C=O) groups excluding carboxylic acids is 1. The first-order valence-corrected chi connectivity index (χ1v) is 10.5. The Morgan fingerprint density at radius 3 is 2.52 bits per heavy atom. The number of hydrogen-bond acceptors (Lipinski definition) is 4. The number of nitrogens with zero attached hydrogens (tertiary/aromatic N) is 3. The zero-order valence-electron chi connectivity index (χ0n) is 17.2. The number of halogens is 1. The van der Waals surface area contributed by atoms with E-state index in [1.54, 1.807) is 18.3 Å². The van der Waals surface area contributed by atoms with Crippen molar-refractivity contribution in [2.24, 2.45) is 0 Å². The number of benzene rings is 1. The van der Waals surface area contributed by atoms with Crippen LogP contribution < -0.4 is 10.2 Å². The lowest BCUT2D eigenvalue weighted by Gasteiger charge is -2.36. The Morgan fingerprint density at radius 1 is 1.24 bits per heavy atom. The fourth-order valence-electron chi connectivity index (χ4n) is 3.77. The molecule has 0 aliphatic heterocycles. The molecular weight excluding hydrogens is 384 g/mol. The average molecular weight is 411 g/mol. The van der Waals surface area contributed by atoms with Gasteiger partial charge < -0.3 is 10.2 Å². The summed E-state index contributed by atoms with van der Waals surface area (Å²) < 4.78 is 0. The van der Waals surface area contributed by atoms with Crippen LogP contribution in [-0.4, -0.2) is 30.0 Å². The third-order valence-corrected chi connectivity index (χ3v) is 6.06. The molecular formula is C23H27ClN4O. The number of nitrogens with one attached hydrogen (secondary N) is 1. The quantitative estimate of drug-likeness (QED) is 0.760. The minimum atomic E-state index is -0.101. The number of rotatable bonds is 5. The molecule has 2 aromatic rings. The average Bonchev–Trinajstić information content (AvgIpc) is 2.73. The minimum Gasteiger partial charge on any atom is -0.372 e. The molecule has 1 amide bonds. The third kappa shape index (κ3) is 5.07. The zero-order chi connectivity index (χ0) is 21.0. The smallest absolute Gasteiger partial charge is 0.270 e. The highest BCUT2D eigenvalue weighted by atomic mass is 35.5. The summed E-state index contributed by atoms with van der Waals surface area (Å²) in [5.41, 5.74) is 3.11. The molecule has 5 nitrogen and oxygen atoms in total. The maximum absolute atomic E-state index is 12.5. The molecule has 1 aromatic carbocycles. The molecule has 1 saturated carbocycles. The number of hydrogen-bond donors (Lipinski definition) is 1. The highest BCUT2D eigenvalue weighted by Crippen LogP contribution is 2.29. The molecule has 1 heterocycles.